The highest BCUT2D eigenvalue weighted by atomic mass is 32.1. The number of nitriles is 1. The summed E-state index contributed by atoms with van der Waals surface area (Å²) in [7, 11) is 0. The Morgan fingerprint density at radius 3 is 2.96 bits per heavy atom. The normalized spacial score (nSPS) is 12.9. The number of aryl methyl sites for hydroxylation is 1. The van der Waals surface area contributed by atoms with E-state index in [1.54, 1.807) is 18.4 Å². The lowest BCUT2D eigenvalue weighted by atomic mass is 10.1. The molecule has 3 heterocycles. The van der Waals surface area contributed by atoms with Crippen molar-refractivity contribution in [3.8, 4) is 22.3 Å². The zero-order chi connectivity index (χ0) is 19.7. The fourth-order valence-electron chi connectivity index (χ4n) is 2.86. The SMILES string of the molecule is Cc1csc([C@@H](C#N)C(=O)COC(=O)c2cc3c(s2)-c2ccccc2OC3)n1. The minimum absolute atomic E-state index is 0.384. The van der Waals surface area contributed by atoms with Gasteiger partial charge in [-0.05, 0) is 25.1 Å². The number of nitrogens with zero attached hydrogens (tertiary/aromatic N) is 2. The average molecular weight is 410 g/mol. The van der Waals surface area contributed by atoms with Crippen LogP contribution < -0.4 is 4.74 Å². The number of hydrogen-bond acceptors (Lipinski definition) is 8. The molecule has 8 heteroatoms. The van der Waals surface area contributed by atoms with Crippen molar-refractivity contribution in [2.45, 2.75) is 19.4 Å². The molecule has 4 rings (SSSR count). The molecule has 0 spiro atoms. The lowest BCUT2D eigenvalue weighted by Gasteiger charge is -2.16. The Labute approximate surface area is 169 Å². The number of thiazole rings is 1. The fraction of sp³-hybridized carbons (Fsp3) is 0.200. The maximum atomic E-state index is 12.4. The van der Waals surface area contributed by atoms with Gasteiger partial charge in [-0.2, -0.15) is 5.26 Å². The molecule has 0 amide bonds. The van der Waals surface area contributed by atoms with Crippen LogP contribution in [0.25, 0.3) is 10.4 Å². The van der Waals surface area contributed by atoms with Gasteiger partial charge in [0.1, 0.15) is 22.2 Å². The predicted octanol–water partition coefficient (Wildman–Crippen LogP) is 4.11. The summed E-state index contributed by atoms with van der Waals surface area (Å²) in [5, 5.41) is 11.5. The van der Waals surface area contributed by atoms with Crippen molar-refractivity contribution < 1.29 is 19.1 Å². The van der Waals surface area contributed by atoms with Crippen LogP contribution in [0.3, 0.4) is 0 Å². The Kier molecular flexibility index (Phi) is 4.94. The summed E-state index contributed by atoms with van der Waals surface area (Å²) in [4.78, 5) is 30.3. The highest BCUT2D eigenvalue weighted by molar-refractivity contribution is 7.17. The highest BCUT2D eigenvalue weighted by Gasteiger charge is 2.26. The summed E-state index contributed by atoms with van der Waals surface area (Å²) in [6.45, 7) is 1.71. The zero-order valence-electron chi connectivity index (χ0n) is 14.8. The number of aromatic nitrogens is 1. The number of esters is 1. The van der Waals surface area contributed by atoms with Gasteiger partial charge in [0.2, 0.25) is 0 Å². The topological polar surface area (TPSA) is 89.3 Å². The number of carbonyl (C=O) groups is 2. The summed E-state index contributed by atoms with van der Waals surface area (Å²) >= 11 is 2.56. The van der Waals surface area contributed by atoms with Crippen molar-refractivity contribution in [1.29, 1.82) is 5.26 Å². The van der Waals surface area contributed by atoms with Gasteiger partial charge in [-0.25, -0.2) is 9.78 Å². The highest BCUT2D eigenvalue weighted by Crippen LogP contribution is 2.42. The largest absolute Gasteiger partial charge is 0.488 e. The maximum Gasteiger partial charge on any atom is 0.348 e. The maximum absolute atomic E-state index is 12.4. The van der Waals surface area contributed by atoms with E-state index in [0.29, 0.717) is 16.5 Å². The van der Waals surface area contributed by atoms with E-state index in [4.69, 9.17) is 9.47 Å². The van der Waals surface area contributed by atoms with Crippen LogP contribution >= 0.6 is 22.7 Å². The summed E-state index contributed by atoms with van der Waals surface area (Å²) in [5.41, 5.74) is 2.60. The number of ether oxygens (including phenoxy) is 2. The molecule has 0 radical (unpaired) electrons. The van der Waals surface area contributed by atoms with Crippen LogP contribution in [0.1, 0.15) is 31.9 Å². The number of ketones is 1. The molecule has 1 aliphatic rings. The number of fused-ring (bicyclic) bond motifs is 3. The van der Waals surface area contributed by atoms with Crippen LogP contribution in [-0.2, 0) is 16.1 Å². The Morgan fingerprint density at radius 2 is 2.21 bits per heavy atom. The quantitative estimate of drug-likeness (QED) is 0.588. The molecule has 28 heavy (non-hydrogen) atoms. The van der Waals surface area contributed by atoms with Gasteiger partial charge in [0, 0.05) is 27.1 Å². The van der Waals surface area contributed by atoms with E-state index in [0.717, 1.165) is 27.4 Å². The van der Waals surface area contributed by atoms with Crippen molar-refractivity contribution in [2.75, 3.05) is 6.61 Å². The molecule has 0 fully saturated rings. The number of Topliss-reactive ketones (excluding diaryl/α,β-unsaturated/α-hetero) is 1. The van der Waals surface area contributed by atoms with Crippen LogP contribution in [0.5, 0.6) is 5.75 Å². The number of para-hydroxylation sites is 1. The minimum Gasteiger partial charge on any atom is -0.488 e. The molecule has 1 aliphatic heterocycles. The summed E-state index contributed by atoms with van der Waals surface area (Å²) in [5.74, 6) is -1.32. The third kappa shape index (κ3) is 3.42. The van der Waals surface area contributed by atoms with Gasteiger partial charge in [-0.3, -0.25) is 4.79 Å². The second kappa shape index (κ2) is 7.54. The lowest BCUT2D eigenvalue weighted by Crippen LogP contribution is -2.19. The molecule has 0 aliphatic carbocycles. The predicted molar refractivity (Wildman–Crippen MR) is 105 cm³/mol. The summed E-state index contributed by atoms with van der Waals surface area (Å²) in [6.07, 6.45) is 0. The molecule has 0 saturated heterocycles. The van der Waals surface area contributed by atoms with Gasteiger partial charge in [0.25, 0.3) is 0 Å². The van der Waals surface area contributed by atoms with E-state index in [2.05, 4.69) is 4.98 Å². The third-order valence-corrected chi connectivity index (χ3v) is 6.42. The summed E-state index contributed by atoms with van der Waals surface area (Å²) < 4.78 is 10.9. The Morgan fingerprint density at radius 1 is 1.39 bits per heavy atom. The molecule has 1 aromatic carbocycles. The first-order valence-corrected chi connectivity index (χ1v) is 10.1. The first-order valence-electron chi connectivity index (χ1n) is 8.43. The van der Waals surface area contributed by atoms with E-state index in [9.17, 15) is 14.9 Å². The molecular formula is C20H14N2O4S2. The van der Waals surface area contributed by atoms with E-state index >= 15 is 0 Å². The summed E-state index contributed by atoms with van der Waals surface area (Å²) in [6, 6.07) is 11.3. The van der Waals surface area contributed by atoms with E-state index in [1.165, 1.54) is 22.7 Å². The van der Waals surface area contributed by atoms with Crippen LogP contribution in [-0.4, -0.2) is 23.3 Å². The molecule has 2 aromatic heterocycles. The van der Waals surface area contributed by atoms with Gasteiger partial charge in [-0.1, -0.05) is 12.1 Å². The molecule has 3 aromatic rings. The monoisotopic (exact) mass is 410 g/mol. The molecule has 140 valence electrons. The van der Waals surface area contributed by atoms with E-state index in [-0.39, 0.29) is 0 Å². The molecule has 0 N–H and O–H groups in total. The van der Waals surface area contributed by atoms with Crippen molar-refractivity contribution in [3.05, 3.63) is 56.9 Å². The molecule has 0 unspecified atom stereocenters. The van der Waals surface area contributed by atoms with Crippen molar-refractivity contribution in [2.24, 2.45) is 0 Å². The first kappa shape index (κ1) is 18.3. The second-order valence-corrected chi connectivity index (χ2v) is 8.12. The van der Waals surface area contributed by atoms with E-state index < -0.39 is 24.3 Å². The van der Waals surface area contributed by atoms with Crippen molar-refractivity contribution in [1.82, 2.24) is 4.98 Å². The Balaban J connectivity index is 1.46. The van der Waals surface area contributed by atoms with Gasteiger partial charge in [0.05, 0.1) is 6.07 Å². The van der Waals surface area contributed by atoms with Crippen LogP contribution in [0, 0.1) is 18.3 Å². The number of carbonyl (C=O) groups excluding carboxylic acids is 2. The second-order valence-electron chi connectivity index (χ2n) is 6.18. The molecule has 0 bridgehead atoms. The molecular weight excluding hydrogens is 396 g/mol. The smallest absolute Gasteiger partial charge is 0.348 e. The van der Waals surface area contributed by atoms with Gasteiger partial charge < -0.3 is 9.47 Å². The Bertz CT molecular complexity index is 1110. The number of benzene rings is 1. The van der Waals surface area contributed by atoms with Gasteiger partial charge in [0.15, 0.2) is 18.3 Å². The number of hydrogen-bond donors (Lipinski definition) is 0. The average Bonchev–Trinajstić information content (AvgIpc) is 3.33. The minimum atomic E-state index is -1.02. The third-order valence-electron chi connectivity index (χ3n) is 4.21. The lowest BCUT2D eigenvalue weighted by molar-refractivity contribution is -0.122. The Hall–Kier alpha value is -3.02. The number of rotatable bonds is 5. The van der Waals surface area contributed by atoms with Crippen molar-refractivity contribution >= 4 is 34.4 Å². The van der Waals surface area contributed by atoms with Gasteiger partial charge in [-0.15, -0.1) is 22.7 Å². The standard InChI is InChI=1S/C20H14N2O4S2/c1-11-10-27-19(22-11)14(7-21)15(23)9-26-20(24)17-6-12-8-25-16-5-3-2-4-13(16)18(12)28-17/h2-6,10,14H,8-9H2,1H3/t14-/m0/s1. The van der Waals surface area contributed by atoms with E-state index in [1.807, 2.05) is 30.3 Å². The van der Waals surface area contributed by atoms with Crippen molar-refractivity contribution in [3.63, 3.8) is 0 Å². The van der Waals surface area contributed by atoms with Crippen LogP contribution in [0.4, 0.5) is 0 Å². The molecule has 1 atom stereocenters. The van der Waals surface area contributed by atoms with Crippen LogP contribution in [0.2, 0.25) is 0 Å². The van der Waals surface area contributed by atoms with Crippen LogP contribution in [0.15, 0.2) is 35.7 Å². The molecule has 6 nitrogen and oxygen atoms in total. The zero-order valence-corrected chi connectivity index (χ0v) is 16.4. The van der Waals surface area contributed by atoms with Gasteiger partial charge >= 0.3 is 5.97 Å². The fourth-order valence-corrected chi connectivity index (χ4v) is 4.81. The molecule has 0 saturated carbocycles. The first-order chi connectivity index (χ1) is 13.6. The number of thiophene rings is 1.